The molecule has 3 rings (SSSR count). The van der Waals surface area contributed by atoms with E-state index in [0.29, 0.717) is 18.3 Å². The van der Waals surface area contributed by atoms with Crippen LogP contribution in [0.4, 0.5) is 0 Å². The molecule has 0 saturated heterocycles. The highest BCUT2D eigenvalue weighted by Crippen LogP contribution is 2.30. The van der Waals surface area contributed by atoms with Gasteiger partial charge in [-0.2, -0.15) is 0 Å². The Kier molecular flexibility index (Phi) is 2.91. The lowest BCUT2D eigenvalue weighted by molar-refractivity contribution is 0.0712. The molecule has 1 saturated carbocycles. The molecule has 0 N–H and O–H groups in total. The molecule has 5 heteroatoms. The van der Waals surface area contributed by atoms with E-state index in [1.165, 1.54) is 11.3 Å². The van der Waals surface area contributed by atoms with Gasteiger partial charge in [-0.15, -0.1) is 11.3 Å². The maximum Gasteiger partial charge on any atom is 0.273 e. The molecule has 0 bridgehead atoms. The van der Waals surface area contributed by atoms with Crippen LogP contribution in [0.1, 0.15) is 34.9 Å². The fourth-order valence-electron chi connectivity index (χ4n) is 1.96. The van der Waals surface area contributed by atoms with Gasteiger partial charge >= 0.3 is 0 Å². The van der Waals surface area contributed by atoms with Crippen LogP contribution >= 0.6 is 11.3 Å². The summed E-state index contributed by atoms with van der Waals surface area (Å²) < 4.78 is 5.55. The summed E-state index contributed by atoms with van der Waals surface area (Å²) in [6, 6.07) is 4.21. The minimum Gasteiger partial charge on any atom is -0.464 e. The standard InChI is InChI=1S/C13H14N2O2S/c1-9-2-5-11(17-9)6-15(10-3-4-10)13(16)12-7-18-8-14-12/h2,5,7-8,10H,3-4,6H2,1H3. The zero-order chi connectivity index (χ0) is 12.5. The maximum absolute atomic E-state index is 12.3. The zero-order valence-electron chi connectivity index (χ0n) is 10.1. The predicted octanol–water partition coefficient (Wildman–Crippen LogP) is 2.85. The van der Waals surface area contributed by atoms with Crippen LogP contribution < -0.4 is 0 Å². The Bertz CT molecular complexity index is 543. The van der Waals surface area contributed by atoms with Gasteiger partial charge in [-0.05, 0) is 31.9 Å². The Morgan fingerprint density at radius 3 is 2.94 bits per heavy atom. The Hall–Kier alpha value is -1.62. The van der Waals surface area contributed by atoms with Crippen LogP contribution in [0.5, 0.6) is 0 Å². The van der Waals surface area contributed by atoms with Gasteiger partial charge in [-0.25, -0.2) is 4.98 Å². The van der Waals surface area contributed by atoms with Crippen molar-refractivity contribution in [2.24, 2.45) is 0 Å². The third-order valence-corrected chi connectivity index (χ3v) is 3.61. The fourth-order valence-corrected chi connectivity index (χ4v) is 2.48. The molecule has 0 radical (unpaired) electrons. The molecule has 4 nitrogen and oxygen atoms in total. The van der Waals surface area contributed by atoms with E-state index in [1.54, 1.807) is 10.9 Å². The van der Waals surface area contributed by atoms with E-state index in [2.05, 4.69) is 4.98 Å². The molecule has 2 aromatic rings. The number of aryl methyl sites for hydroxylation is 1. The van der Waals surface area contributed by atoms with Crippen molar-refractivity contribution in [3.05, 3.63) is 40.2 Å². The van der Waals surface area contributed by atoms with Crippen molar-refractivity contribution in [1.29, 1.82) is 0 Å². The summed E-state index contributed by atoms with van der Waals surface area (Å²) in [6.45, 7) is 2.45. The van der Waals surface area contributed by atoms with E-state index in [1.807, 2.05) is 24.0 Å². The van der Waals surface area contributed by atoms with E-state index < -0.39 is 0 Å². The van der Waals surface area contributed by atoms with Crippen molar-refractivity contribution in [2.75, 3.05) is 0 Å². The average molecular weight is 262 g/mol. The highest BCUT2D eigenvalue weighted by Gasteiger charge is 2.34. The number of rotatable bonds is 4. The van der Waals surface area contributed by atoms with Gasteiger partial charge in [-0.3, -0.25) is 4.79 Å². The van der Waals surface area contributed by atoms with E-state index in [4.69, 9.17) is 4.42 Å². The van der Waals surface area contributed by atoms with Crippen molar-refractivity contribution in [2.45, 2.75) is 32.4 Å². The Labute approximate surface area is 109 Å². The summed E-state index contributed by atoms with van der Waals surface area (Å²) in [6.07, 6.45) is 2.16. The van der Waals surface area contributed by atoms with Crippen LogP contribution in [0, 0.1) is 6.92 Å². The summed E-state index contributed by atoms with van der Waals surface area (Å²) in [5, 5.41) is 1.80. The third kappa shape index (κ3) is 2.31. The Balaban J connectivity index is 1.78. The minimum absolute atomic E-state index is 0.00723. The monoisotopic (exact) mass is 262 g/mol. The van der Waals surface area contributed by atoms with Crippen molar-refractivity contribution >= 4 is 17.2 Å². The largest absolute Gasteiger partial charge is 0.464 e. The van der Waals surface area contributed by atoms with E-state index >= 15 is 0 Å². The molecular formula is C13H14N2O2S. The number of nitrogens with zero attached hydrogens (tertiary/aromatic N) is 2. The van der Waals surface area contributed by atoms with Crippen LogP contribution in [-0.2, 0) is 6.54 Å². The number of carbonyl (C=O) groups is 1. The lowest BCUT2D eigenvalue weighted by Crippen LogP contribution is -2.32. The van der Waals surface area contributed by atoms with Gasteiger partial charge in [0.25, 0.3) is 5.91 Å². The number of carbonyl (C=O) groups excluding carboxylic acids is 1. The zero-order valence-corrected chi connectivity index (χ0v) is 10.9. The molecule has 0 atom stereocenters. The number of thiazole rings is 1. The number of furan rings is 1. The second-order valence-electron chi connectivity index (χ2n) is 4.55. The van der Waals surface area contributed by atoms with E-state index in [0.717, 1.165) is 24.4 Å². The molecule has 1 amide bonds. The first-order valence-electron chi connectivity index (χ1n) is 5.98. The van der Waals surface area contributed by atoms with Crippen molar-refractivity contribution in [1.82, 2.24) is 9.88 Å². The van der Waals surface area contributed by atoms with Gasteiger partial charge in [0.15, 0.2) is 0 Å². The van der Waals surface area contributed by atoms with Crippen LogP contribution in [0.2, 0.25) is 0 Å². The van der Waals surface area contributed by atoms with Crippen molar-refractivity contribution in [3.63, 3.8) is 0 Å². The molecule has 94 valence electrons. The molecule has 0 aliphatic heterocycles. The summed E-state index contributed by atoms with van der Waals surface area (Å²) in [5.41, 5.74) is 2.23. The topological polar surface area (TPSA) is 46.3 Å². The Morgan fingerprint density at radius 1 is 1.56 bits per heavy atom. The van der Waals surface area contributed by atoms with Gasteiger partial charge in [0.2, 0.25) is 0 Å². The second-order valence-corrected chi connectivity index (χ2v) is 5.27. The molecule has 0 unspecified atom stereocenters. The van der Waals surface area contributed by atoms with E-state index in [-0.39, 0.29) is 5.91 Å². The molecule has 1 aliphatic rings. The van der Waals surface area contributed by atoms with Crippen molar-refractivity contribution in [3.8, 4) is 0 Å². The lowest BCUT2D eigenvalue weighted by Gasteiger charge is -2.20. The molecule has 0 aromatic carbocycles. The summed E-state index contributed by atoms with van der Waals surface area (Å²) in [5.74, 6) is 1.72. The molecule has 1 fully saturated rings. The number of hydrogen-bond donors (Lipinski definition) is 0. The number of amides is 1. The molecular weight excluding hydrogens is 248 g/mol. The van der Waals surface area contributed by atoms with Gasteiger partial charge in [0.1, 0.15) is 17.2 Å². The van der Waals surface area contributed by atoms with Gasteiger partial charge in [0, 0.05) is 11.4 Å². The van der Waals surface area contributed by atoms with Crippen molar-refractivity contribution < 1.29 is 9.21 Å². The first-order valence-corrected chi connectivity index (χ1v) is 6.93. The van der Waals surface area contributed by atoms with Gasteiger partial charge in [-0.1, -0.05) is 0 Å². The van der Waals surface area contributed by atoms with Crippen LogP contribution in [0.15, 0.2) is 27.4 Å². The number of hydrogen-bond acceptors (Lipinski definition) is 4. The molecule has 0 spiro atoms. The third-order valence-electron chi connectivity index (χ3n) is 3.02. The first kappa shape index (κ1) is 11.5. The van der Waals surface area contributed by atoms with Gasteiger partial charge in [0.05, 0.1) is 12.1 Å². The molecule has 1 aliphatic carbocycles. The van der Waals surface area contributed by atoms with Gasteiger partial charge < -0.3 is 9.32 Å². The normalized spacial score (nSPS) is 14.7. The maximum atomic E-state index is 12.3. The summed E-state index contributed by atoms with van der Waals surface area (Å²) in [4.78, 5) is 18.3. The van der Waals surface area contributed by atoms with Crippen LogP contribution in [0.3, 0.4) is 0 Å². The highest BCUT2D eigenvalue weighted by molar-refractivity contribution is 7.07. The first-order chi connectivity index (χ1) is 8.74. The van der Waals surface area contributed by atoms with Crippen LogP contribution in [0.25, 0.3) is 0 Å². The SMILES string of the molecule is Cc1ccc(CN(C(=O)c2cscn2)C2CC2)o1. The highest BCUT2D eigenvalue weighted by atomic mass is 32.1. The minimum atomic E-state index is 0.00723. The smallest absolute Gasteiger partial charge is 0.273 e. The summed E-state index contributed by atoms with van der Waals surface area (Å²) >= 11 is 1.45. The Morgan fingerprint density at radius 2 is 2.39 bits per heavy atom. The molecule has 2 heterocycles. The molecule has 2 aromatic heterocycles. The average Bonchev–Trinajstić information content (AvgIpc) is 2.89. The van der Waals surface area contributed by atoms with E-state index in [9.17, 15) is 4.79 Å². The van der Waals surface area contributed by atoms with Crippen LogP contribution in [-0.4, -0.2) is 21.8 Å². The summed E-state index contributed by atoms with van der Waals surface area (Å²) in [7, 11) is 0. The second kappa shape index (κ2) is 4.57. The lowest BCUT2D eigenvalue weighted by atomic mass is 10.3. The quantitative estimate of drug-likeness (QED) is 0.851. The number of aromatic nitrogens is 1. The predicted molar refractivity (Wildman–Crippen MR) is 68.5 cm³/mol. The molecule has 18 heavy (non-hydrogen) atoms. The fraction of sp³-hybridized carbons (Fsp3) is 0.385.